The molecule has 16 heavy (non-hydrogen) atoms. The van der Waals surface area contributed by atoms with E-state index >= 15 is 0 Å². The molecule has 1 aromatic carbocycles. The van der Waals surface area contributed by atoms with Crippen LogP contribution in [0.15, 0.2) is 18.2 Å². The van der Waals surface area contributed by atoms with E-state index in [1.807, 2.05) is 25.1 Å². The summed E-state index contributed by atoms with van der Waals surface area (Å²) in [6.45, 7) is 2.85. The molecule has 1 amide bonds. The van der Waals surface area contributed by atoms with Gasteiger partial charge in [-0.05, 0) is 31.4 Å². The van der Waals surface area contributed by atoms with E-state index in [0.717, 1.165) is 35.8 Å². The molecular weight excluding hydrogens is 202 g/mol. The molecule has 1 aliphatic rings. The molecule has 84 valence electrons. The van der Waals surface area contributed by atoms with E-state index in [-0.39, 0.29) is 12.5 Å². The number of hydrogen-bond donors (Lipinski definition) is 0. The highest BCUT2D eigenvalue weighted by molar-refractivity contribution is 5.97. The van der Waals surface area contributed by atoms with Crippen LogP contribution in [0.4, 0.5) is 0 Å². The van der Waals surface area contributed by atoms with Gasteiger partial charge in [0.05, 0.1) is 6.54 Å². The number of carbonyl (C=O) groups excluding carboxylic acids is 2. The van der Waals surface area contributed by atoms with Crippen molar-refractivity contribution in [3.8, 4) is 0 Å². The van der Waals surface area contributed by atoms with Crippen LogP contribution in [0.3, 0.4) is 0 Å². The summed E-state index contributed by atoms with van der Waals surface area (Å²) in [6, 6.07) is 5.97. The molecule has 0 saturated heterocycles. The Morgan fingerprint density at radius 3 is 3.00 bits per heavy atom. The Hall–Kier alpha value is -1.64. The van der Waals surface area contributed by atoms with Crippen LogP contribution < -0.4 is 0 Å². The lowest BCUT2D eigenvalue weighted by Crippen LogP contribution is -2.32. The minimum atomic E-state index is -0.0108. The van der Waals surface area contributed by atoms with Crippen LogP contribution in [0.1, 0.15) is 27.9 Å². The minimum absolute atomic E-state index is 0.0108. The van der Waals surface area contributed by atoms with E-state index < -0.39 is 0 Å². The third-order valence-corrected chi connectivity index (χ3v) is 2.95. The van der Waals surface area contributed by atoms with Crippen LogP contribution in [0.2, 0.25) is 0 Å². The second kappa shape index (κ2) is 4.47. The second-order valence-corrected chi connectivity index (χ2v) is 4.18. The Morgan fingerprint density at radius 2 is 2.25 bits per heavy atom. The van der Waals surface area contributed by atoms with Crippen molar-refractivity contribution in [1.29, 1.82) is 0 Å². The Kier molecular flexibility index (Phi) is 3.04. The van der Waals surface area contributed by atoms with Gasteiger partial charge in [0.15, 0.2) is 0 Å². The molecule has 1 heterocycles. The summed E-state index contributed by atoms with van der Waals surface area (Å²) in [7, 11) is 0. The number of fused-ring (bicyclic) bond motifs is 1. The van der Waals surface area contributed by atoms with Crippen molar-refractivity contribution in [1.82, 2.24) is 4.90 Å². The van der Waals surface area contributed by atoms with E-state index in [0.29, 0.717) is 6.54 Å². The van der Waals surface area contributed by atoms with Crippen molar-refractivity contribution in [2.75, 3.05) is 13.1 Å². The van der Waals surface area contributed by atoms with Crippen LogP contribution in [-0.2, 0) is 11.2 Å². The second-order valence-electron chi connectivity index (χ2n) is 4.18. The Morgan fingerprint density at radius 1 is 1.44 bits per heavy atom. The molecule has 0 aliphatic carbocycles. The molecule has 0 fully saturated rings. The number of aryl methyl sites for hydroxylation is 2. The van der Waals surface area contributed by atoms with E-state index in [2.05, 4.69) is 0 Å². The first kappa shape index (κ1) is 10.9. The van der Waals surface area contributed by atoms with Crippen LogP contribution >= 0.6 is 0 Å². The molecule has 0 saturated carbocycles. The summed E-state index contributed by atoms with van der Waals surface area (Å²) in [5.41, 5.74) is 2.95. The van der Waals surface area contributed by atoms with Gasteiger partial charge >= 0.3 is 0 Å². The fraction of sp³-hybridized carbons (Fsp3) is 0.385. The molecule has 3 nitrogen and oxygen atoms in total. The topological polar surface area (TPSA) is 37.4 Å². The fourth-order valence-corrected chi connectivity index (χ4v) is 2.10. The summed E-state index contributed by atoms with van der Waals surface area (Å²) in [5.74, 6) is -0.0108. The zero-order valence-corrected chi connectivity index (χ0v) is 9.40. The highest BCUT2D eigenvalue weighted by Crippen LogP contribution is 2.19. The van der Waals surface area contributed by atoms with Crippen molar-refractivity contribution in [2.24, 2.45) is 0 Å². The maximum atomic E-state index is 12.1. The van der Waals surface area contributed by atoms with Crippen molar-refractivity contribution in [3.05, 3.63) is 34.9 Å². The minimum Gasteiger partial charge on any atom is -0.332 e. The molecule has 0 aromatic heterocycles. The van der Waals surface area contributed by atoms with Gasteiger partial charge in [-0.3, -0.25) is 4.79 Å². The lowest BCUT2D eigenvalue weighted by molar-refractivity contribution is -0.108. The maximum absolute atomic E-state index is 12.1. The number of hydrogen-bond acceptors (Lipinski definition) is 2. The number of aldehydes is 1. The molecule has 0 radical (unpaired) electrons. The lowest BCUT2D eigenvalue weighted by Gasteiger charge is -2.17. The Labute approximate surface area is 95.1 Å². The highest BCUT2D eigenvalue weighted by atomic mass is 16.2. The normalized spacial score (nSPS) is 15.6. The first-order chi connectivity index (χ1) is 7.72. The van der Waals surface area contributed by atoms with Gasteiger partial charge in [-0.2, -0.15) is 0 Å². The van der Waals surface area contributed by atoms with Gasteiger partial charge in [0.1, 0.15) is 6.29 Å². The summed E-state index contributed by atoms with van der Waals surface area (Å²) in [6.07, 6.45) is 2.63. The predicted molar refractivity (Wildman–Crippen MR) is 61.5 cm³/mol. The maximum Gasteiger partial charge on any atom is 0.254 e. The number of amides is 1. The van der Waals surface area contributed by atoms with Gasteiger partial charge in [-0.1, -0.05) is 17.7 Å². The largest absolute Gasteiger partial charge is 0.332 e. The number of rotatable bonds is 2. The van der Waals surface area contributed by atoms with Gasteiger partial charge in [0, 0.05) is 12.1 Å². The molecule has 0 bridgehead atoms. The van der Waals surface area contributed by atoms with Crippen molar-refractivity contribution < 1.29 is 9.59 Å². The monoisotopic (exact) mass is 217 g/mol. The summed E-state index contributed by atoms with van der Waals surface area (Å²) >= 11 is 0. The number of nitrogens with zero attached hydrogens (tertiary/aromatic N) is 1. The summed E-state index contributed by atoms with van der Waals surface area (Å²) < 4.78 is 0. The predicted octanol–water partition coefficient (Wildman–Crippen LogP) is 1.58. The van der Waals surface area contributed by atoms with Crippen LogP contribution in [0, 0.1) is 6.92 Å². The average molecular weight is 217 g/mol. The smallest absolute Gasteiger partial charge is 0.254 e. The van der Waals surface area contributed by atoms with Crippen molar-refractivity contribution in [3.63, 3.8) is 0 Å². The fourth-order valence-electron chi connectivity index (χ4n) is 2.10. The first-order valence-electron chi connectivity index (χ1n) is 5.55. The van der Waals surface area contributed by atoms with E-state index in [4.69, 9.17) is 0 Å². The molecule has 1 aliphatic heterocycles. The number of carbonyl (C=O) groups is 2. The van der Waals surface area contributed by atoms with Crippen molar-refractivity contribution in [2.45, 2.75) is 19.8 Å². The lowest BCUT2D eigenvalue weighted by atomic mass is 10.0. The standard InChI is InChI=1S/C13H15NO2/c1-10-4-5-11-3-2-6-14(7-8-15)13(16)12(11)9-10/h4-5,8-9H,2-3,6-7H2,1H3. The van der Waals surface area contributed by atoms with Gasteiger partial charge in [0.25, 0.3) is 5.91 Å². The molecule has 0 N–H and O–H groups in total. The zero-order chi connectivity index (χ0) is 11.5. The van der Waals surface area contributed by atoms with E-state index in [1.54, 1.807) is 4.90 Å². The third-order valence-electron chi connectivity index (χ3n) is 2.95. The highest BCUT2D eigenvalue weighted by Gasteiger charge is 2.21. The molecular formula is C13H15NO2. The van der Waals surface area contributed by atoms with Crippen LogP contribution in [0.25, 0.3) is 0 Å². The quantitative estimate of drug-likeness (QED) is 0.705. The van der Waals surface area contributed by atoms with E-state index in [1.165, 1.54) is 0 Å². The van der Waals surface area contributed by atoms with Gasteiger partial charge < -0.3 is 9.69 Å². The molecule has 0 atom stereocenters. The van der Waals surface area contributed by atoms with Crippen LogP contribution in [0.5, 0.6) is 0 Å². The third kappa shape index (κ3) is 1.98. The SMILES string of the molecule is Cc1ccc2c(c1)C(=O)N(CC=O)CCC2. The van der Waals surface area contributed by atoms with Crippen molar-refractivity contribution >= 4 is 12.2 Å². The van der Waals surface area contributed by atoms with Gasteiger partial charge in [0.2, 0.25) is 0 Å². The summed E-state index contributed by atoms with van der Waals surface area (Å²) in [5, 5.41) is 0. The van der Waals surface area contributed by atoms with Gasteiger partial charge in [-0.25, -0.2) is 0 Å². The van der Waals surface area contributed by atoms with Crippen LogP contribution in [-0.4, -0.2) is 30.2 Å². The molecule has 0 unspecified atom stereocenters. The average Bonchev–Trinajstić information content (AvgIpc) is 2.42. The molecule has 2 rings (SSSR count). The Bertz CT molecular complexity index is 426. The molecule has 0 spiro atoms. The number of benzene rings is 1. The molecule has 1 aromatic rings. The molecule has 3 heteroatoms. The van der Waals surface area contributed by atoms with E-state index in [9.17, 15) is 9.59 Å². The first-order valence-corrected chi connectivity index (χ1v) is 5.55. The Balaban J connectivity index is 2.39. The summed E-state index contributed by atoms with van der Waals surface area (Å²) in [4.78, 5) is 24.3. The zero-order valence-electron chi connectivity index (χ0n) is 9.40. The van der Waals surface area contributed by atoms with Gasteiger partial charge in [-0.15, -0.1) is 0 Å².